The van der Waals surface area contributed by atoms with Crippen LogP contribution in [0.15, 0.2) is 16.0 Å². The average molecular weight is 157 g/mol. The van der Waals surface area contributed by atoms with Crippen molar-refractivity contribution in [2.45, 2.75) is 19.3 Å². The second-order valence-electron chi connectivity index (χ2n) is 2.06. The maximum atomic E-state index is 5.38. The molecular formula is C7H11NOS. The van der Waals surface area contributed by atoms with Gasteiger partial charge in [-0.2, -0.15) is 0 Å². The predicted molar refractivity (Wildman–Crippen MR) is 45.3 cm³/mol. The summed E-state index contributed by atoms with van der Waals surface area (Å²) in [6.45, 7) is 4.79. The number of hydrogen-bond acceptors (Lipinski definition) is 3. The number of rotatable bonds is 2. The van der Waals surface area contributed by atoms with E-state index in [2.05, 4.69) is 11.3 Å². The zero-order valence-electron chi connectivity index (χ0n) is 6.20. The van der Waals surface area contributed by atoms with Crippen molar-refractivity contribution in [3.63, 3.8) is 0 Å². The van der Waals surface area contributed by atoms with E-state index in [0.717, 1.165) is 6.61 Å². The average Bonchev–Trinajstić information content (AvgIpc) is 1.94. The second-order valence-corrected chi connectivity index (χ2v) is 2.91. The van der Waals surface area contributed by atoms with Crippen LogP contribution in [0, 0.1) is 0 Å². The Bertz CT molecular complexity index is 165. The molecule has 0 aliphatic carbocycles. The van der Waals surface area contributed by atoms with E-state index in [4.69, 9.17) is 4.74 Å². The minimum absolute atomic E-state index is 0.148. The summed E-state index contributed by atoms with van der Waals surface area (Å²) in [5.74, 6) is 0. The molecule has 0 aromatic heterocycles. The summed E-state index contributed by atoms with van der Waals surface area (Å²) in [5.41, 5.74) is 1.39. The molecule has 2 nitrogen and oxygen atoms in total. The summed E-state index contributed by atoms with van der Waals surface area (Å²) in [7, 11) is 0. The SMILES string of the molecule is CCOC1SN=CC=C1C. The van der Waals surface area contributed by atoms with Crippen LogP contribution in [0.25, 0.3) is 0 Å². The summed E-state index contributed by atoms with van der Waals surface area (Å²) in [5, 5.41) is 0. The molecule has 0 saturated heterocycles. The van der Waals surface area contributed by atoms with Crippen molar-refractivity contribution in [1.29, 1.82) is 0 Å². The van der Waals surface area contributed by atoms with Crippen molar-refractivity contribution >= 4 is 18.2 Å². The van der Waals surface area contributed by atoms with Crippen LogP contribution in [0.1, 0.15) is 13.8 Å². The van der Waals surface area contributed by atoms with Crippen molar-refractivity contribution in [3.8, 4) is 0 Å². The Kier molecular flexibility index (Phi) is 2.96. The monoisotopic (exact) mass is 157 g/mol. The molecule has 0 fully saturated rings. The van der Waals surface area contributed by atoms with E-state index in [1.54, 1.807) is 6.21 Å². The smallest absolute Gasteiger partial charge is 0.145 e. The highest BCUT2D eigenvalue weighted by Gasteiger charge is 2.12. The summed E-state index contributed by atoms with van der Waals surface area (Å²) in [4.78, 5) is 0. The van der Waals surface area contributed by atoms with Crippen molar-refractivity contribution < 1.29 is 4.74 Å². The first kappa shape index (κ1) is 7.82. The molecule has 0 saturated carbocycles. The van der Waals surface area contributed by atoms with Crippen LogP contribution in [0.2, 0.25) is 0 Å². The van der Waals surface area contributed by atoms with E-state index in [1.807, 2.05) is 13.0 Å². The van der Waals surface area contributed by atoms with Gasteiger partial charge < -0.3 is 4.74 Å². The fourth-order valence-corrected chi connectivity index (χ4v) is 1.40. The van der Waals surface area contributed by atoms with Crippen molar-refractivity contribution in [1.82, 2.24) is 0 Å². The van der Waals surface area contributed by atoms with Gasteiger partial charge >= 0.3 is 0 Å². The lowest BCUT2D eigenvalue weighted by Gasteiger charge is -2.15. The molecule has 0 bridgehead atoms. The van der Waals surface area contributed by atoms with Crippen LogP contribution < -0.4 is 0 Å². The Balaban J connectivity index is 2.47. The summed E-state index contributed by atoms with van der Waals surface area (Å²) < 4.78 is 9.39. The third-order valence-corrected chi connectivity index (χ3v) is 2.19. The van der Waals surface area contributed by atoms with Crippen LogP contribution in [0.4, 0.5) is 0 Å². The molecular weight excluding hydrogens is 146 g/mol. The zero-order valence-corrected chi connectivity index (χ0v) is 7.02. The lowest BCUT2D eigenvalue weighted by molar-refractivity contribution is 0.147. The van der Waals surface area contributed by atoms with Gasteiger partial charge in [0.25, 0.3) is 0 Å². The Morgan fingerprint density at radius 3 is 3.20 bits per heavy atom. The van der Waals surface area contributed by atoms with Crippen LogP contribution in [-0.4, -0.2) is 18.3 Å². The Morgan fingerprint density at radius 1 is 1.80 bits per heavy atom. The first-order valence-electron chi connectivity index (χ1n) is 3.32. The molecule has 0 aromatic rings. The van der Waals surface area contributed by atoms with Gasteiger partial charge in [-0.3, -0.25) is 0 Å². The molecule has 0 aromatic carbocycles. The molecule has 3 heteroatoms. The van der Waals surface area contributed by atoms with E-state index in [9.17, 15) is 0 Å². The minimum atomic E-state index is 0.148. The molecule has 0 spiro atoms. The topological polar surface area (TPSA) is 21.6 Å². The largest absolute Gasteiger partial charge is 0.362 e. The quantitative estimate of drug-likeness (QED) is 0.572. The molecule has 1 heterocycles. The normalized spacial score (nSPS) is 24.6. The third-order valence-electron chi connectivity index (χ3n) is 1.24. The van der Waals surface area contributed by atoms with Gasteiger partial charge in [0.05, 0.1) is 0 Å². The van der Waals surface area contributed by atoms with Crippen LogP contribution in [0.5, 0.6) is 0 Å². The van der Waals surface area contributed by atoms with E-state index >= 15 is 0 Å². The predicted octanol–water partition coefficient (Wildman–Crippen LogP) is 2.03. The van der Waals surface area contributed by atoms with Crippen LogP contribution in [0.3, 0.4) is 0 Å². The fraction of sp³-hybridized carbons (Fsp3) is 0.571. The first-order valence-corrected chi connectivity index (χ1v) is 4.16. The van der Waals surface area contributed by atoms with E-state index < -0.39 is 0 Å². The lowest BCUT2D eigenvalue weighted by Crippen LogP contribution is -2.10. The van der Waals surface area contributed by atoms with Gasteiger partial charge in [0, 0.05) is 24.8 Å². The van der Waals surface area contributed by atoms with E-state index in [1.165, 1.54) is 17.5 Å². The standard InChI is InChI=1S/C7H11NOS/c1-3-9-7-6(2)4-5-8-10-7/h4-5,7H,3H2,1-2H3. The Morgan fingerprint density at radius 2 is 2.60 bits per heavy atom. The molecule has 1 unspecified atom stereocenters. The maximum Gasteiger partial charge on any atom is 0.145 e. The number of allylic oxidation sites excluding steroid dienone is 1. The van der Waals surface area contributed by atoms with E-state index in [0.29, 0.717) is 0 Å². The molecule has 1 aliphatic heterocycles. The molecule has 0 radical (unpaired) electrons. The molecule has 1 aliphatic rings. The Labute approximate surface area is 65.5 Å². The van der Waals surface area contributed by atoms with Gasteiger partial charge in [-0.15, -0.1) is 0 Å². The van der Waals surface area contributed by atoms with Gasteiger partial charge in [0.15, 0.2) is 0 Å². The Hall–Kier alpha value is -0.280. The number of nitrogens with zero attached hydrogens (tertiary/aromatic N) is 1. The highest BCUT2D eigenvalue weighted by molar-refractivity contribution is 7.98. The molecule has 56 valence electrons. The molecule has 10 heavy (non-hydrogen) atoms. The van der Waals surface area contributed by atoms with Crippen molar-refractivity contribution in [2.24, 2.45) is 4.40 Å². The van der Waals surface area contributed by atoms with Gasteiger partial charge in [-0.25, -0.2) is 4.40 Å². The minimum Gasteiger partial charge on any atom is -0.362 e. The van der Waals surface area contributed by atoms with Gasteiger partial charge in [0.2, 0.25) is 0 Å². The highest BCUT2D eigenvalue weighted by Crippen LogP contribution is 2.23. The summed E-state index contributed by atoms with van der Waals surface area (Å²) >= 11 is 1.47. The molecule has 1 rings (SSSR count). The molecule has 0 amide bonds. The first-order chi connectivity index (χ1) is 4.84. The van der Waals surface area contributed by atoms with Gasteiger partial charge in [-0.1, -0.05) is 0 Å². The summed E-state index contributed by atoms with van der Waals surface area (Å²) in [6.07, 6.45) is 3.78. The fourth-order valence-electron chi connectivity index (χ4n) is 0.713. The maximum absolute atomic E-state index is 5.38. The third kappa shape index (κ3) is 1.85. The second kappa shape index (κ2) is 3.78. The number of ether oxygens (including phenoxy) is 1. The van der Waals surface area contributed by atoms with Crippen LogP contribution in [-0.2, 0) is 4.74 Å². The highest BCUT2D eigenvalue weighted by atomic mass is 32.2. The van der Waals surface area contributed by atoms with Crippen LogP contribution >= 0.6 is 11.9 Å². The van der Waals surface area contributed by atoms with Gasteiger partial charge in [-0.05, 0) is 25.5 Å². The molecule has 1 atom stereocenters. The summed E-state index contributed by atoms with van der Waals surface area (Å²) in [6, 6.07) is 0. The van der Waals surface area contributed by atoms with Gasteiger partial charge in [0.1, 0.15) is 5.44 Å². The van der Waals surface area contributed by atoms with Crippen molar-refractivity contribution in [3.05, 3.63) is 11.6 Å². The van der Waals surface area contributed by atoms with E-state index in [-0.39, 0.29) is 5.44 Å². The number of hydrogen-bond donors (Lipinski definition) is 0. The lowest BCUT2D eigenvalue weighted by atomic mass is 10.3. The molecule has 0 N–H and O–H groups in total. The van der Waals surface area contributed by atoms with Crippen molar-refractivity contribution in [2.75, 3.05) is 6.61 Å². The zero-order chi connectivity index (χ0) is 7.40.